The van der Waals surface area contributed by atoms with Crippen molar-refractivity contribution in [2.24, 2.45) is 0 Å². The van der Waals surface area contributed by atoms with Crippen LogP contribution < -0.4 is 5.32 Å². The normalized spacial score (nSPS) is 11.2. The van der Waals surface area contributed by atoms with Crippen LogP contribution in [0.25, 0.3) is 0 Å². The molecule has 2 rings (SSSR count). The zero-order chi connectivity index (χ0) is 13.9. The van der Waals surface area contributed by atoms with E-state index in [0.29, 0.717) is 5.69 Å². The van der Waals surface area contributed by atoms with Crippen molar-refractivity contribution in [3.05, 3.63) is 30.1 Å². The van der Waals surface area contributed by atoms with Crippen molar-refractivity contribution in [3.8, 4) is 0 Å². The molecular formula is C10H11N5O3S. The molecule has 1 amide bonds. The maximum absolute atomic E-state index is 11.6. The van der Waals surface area contributed by atoms with E-state index in [1.54, 1.807) is 6.92 Å². The number of hydrogen-bond acceptors (Lipinski definition) is 6. The van der Waals surface area contributed by atoms with E-state index in [4.69, 9.17) is 0 Å². The van der Waals surface area contributed by atoms with E-state index in [2.05, 4.69) is 25.9 Å². The number of tetrazole rings is 1. The van der Waals surface area contributed by atoms with Crippen LogP contribution in [0.2, 0.25) is 0 Å². The molecule has 0 radical (unpaired) electrons. The molecule has 8 nitrogen and oxygen atoms in total. The number of carbonyl (C=O) groups is 1. The average Bonchev–Trinajstić information content (AvgIpc) is 2.93. The molecule has 0 aliphatic carbocycles. The Hall–Kier alpha value is -2.29. The third kappa shape index (κ3) is 2.94. The van der Waals surface area contributed by atoms with E-state index in [0.717, 1.165) is 0 Å². The number of hydrogen-bond donors (Lipinski definition) is 2. The van der Waals surface area contributed by atoms with E-state index >= 15 is 0 Å². The predicted molar refractivity (Wildman–Crippen MR) is 66.3 cm³/mol. The van der Waals surface area contributed by atoms with Crippen LogP contribution in [0.5, 0.6) is 0 Å². The maximum atomic E-state index is 11.6. The Morgan fingerprint density at radius 3 is 2.53 bits per heavy atom. The number of sulfone groups is 1. The smallest absolute Gasteiger partial charge is 0.297 e. The maximum Gasteiger partial charge on any atom is 0.297 e. The van der Waals surface area contributed by atoms with Gasteiger partial charge in [0, 0.05) is 5.69 Å². The molecule has 0 aliphatic rings. The Labute approximate surface area is 109 Å². The van der Waals surface area contributed by atoms with Gasteiger partial charge < -0.3 is 5.32 Å². The molecule has 1 aromatic carbocycles. The van der Waals surface area contributed by atoms with E-state index in [9.17, 15) is 13.2 Å². The highest BCUT2D eigenvalue weighted by atomic mass is 32.2. The molecule has 100 valence electrons. The van der Waals surface area contributed by atoms with Crippen LogP contribution in [0.15, 0.2) is 29.2 Å². The van der Waals surface area contributed by atoms with Gasteiger partial charge in [-0.2, -0.15) is 5.21 Å². The molecule has 0 saturated carbocycles. The van der Waals surface area contributed by atoms with E-state index in [1.807, 2.05) is 0 Å². The number of aromatic nitrogens is 4. The minimum absolute atomic E-state index is 0.0293. The average molecular weight is 281 g/mol. The fourth-order valence-corrected chi connectivity index (χ4v) is 2.24. The Balaban J connectivity index is 2.14. The standard InChI is InChI=1S/C10H11N5O3S/c1-2-19(17,18)8-5-3-7(4-6-8)11-10(16)9-12-14-15-13-9/h3-6H,2H2,1H3,(H,11,16)(H,12,13,14,15). The van der Waals surface area contributed by atoms with Gasteiger partial charge in [-0.3, -0.25) is 4.79 Å². The van der Waals surface area contributed by atoms with Gasteiger partial charge in [-0.05, 0) is 29.5 Å². The number of nitrogens with zero attached hydrogens (tertiary/aromatic N) is 3. The molecule has 2 N–H and O–H groups in total. The van der Waals surface area contributed by atoms with Gasteiger partial charge in [-0.15, -0.1) is 10.2 Å². The fraction of sp³-hybridized carbons (Fsp3) is 0.200. The molecule has 19 heavy (non-hydrogen) atoms. The third-order valence-electron chi connectivity index (χ3n) is 2.40. The summed E-state index contributed by atoms with van der Waals surface area (Å²) in [4.78, 5) is 11.8. The molecule has 0 saturated heterocycles. The first kappa shape index (κ1) is 13.1. The van der Waals surface area contributed by atoms with Crippen LogP contribution >= 0.6 is 0 Å². The van der Waals surface area contributed by atoms with E-state index in [1.165, 1.54) is 24.3 Å². The summed E-state index contributed by atoms with van der Waals surface area (Å²) in [5.41, 5.74) is 0.449. The lowest BCUT2D eigenvalue weighted by Gasteiger charge is -2.04. The molecule has 2 aromatic rings. The van der Waals surface area contributed by atoms with Gasteiger partial charge in [-0.25, -0.2) is 8.42 Å². The largest absolute Gasteiger partial charge is 0.319 e. The second-order valence-corrected chi connectivity index (χ2v) is 5.90. The molecule has 0 aliphatic heterocycles. The van der Waals surface area contributed by atoms with Crippen LogP contribution in [-0.2, 0) is 9.84 Å². The molecule has 0 unspecified atom stereocenters. The Kier molecular flexibility index (Phi) is 3.56. The summed E-state index contributed by atoms with van der Waals surface area (Å²) < 4.78 is 23.2. The van der Waals surface area contributed by atoms with Gasteiger partial charge in [0.05, 0.1) is 10.6 Å². The van der Waals surface area contributed by atoms with Crippen molar-refractivity contribution >= 4 is 21.4 Å². The first-order valence-corrected chi connectivity index (χ1v) is 7.06. The Morgan fingerprint density at radius 2 is 2.00 bits per heavy atom. The predicted octanol–water partition coefficient (Wildman–Crippen LogP) is 0.246. The quantitative estimate of drug-likeness (QED) is 0.829. The van der Waals surface area contributed by atoms with Crippen LogP contribution in [-0.4, -0.2) is 40.7 Å². The van der Waals surface area contributed by atoms with Gasteiger partial charge in [0.15, 0.2) is 9.84 Å². The Bertz CT molecular complexity index is 664. The van der Waals surface area contributed by atoms with Gasteiger partial charge in [0.2, 0.25) is 0 Å². The molecule has 9 heteroatoms. The summed E-state index contributed by atoms with van der Waals surface area (Å²) in [7, 11) is -3.24. The van der Waals surface area contributed by atoms with Crippen molar-refractivity contribution in [2.45, 2.75) is 11.8 Å². The highest BCUT2D eigenvalue weighted by molar-refractivity contribution is 7.91. The monoisotopic (exact) mass is 281 g/mol. The Morgan fingerprint density at radius 1 is 1.32 bits per heavy atom. The number of rotatable bonds is 4. The van der Waals surface area contributed by atoms with Crippen LogP contribution in [0, 0.1) is 0 Å². The molecule has 0 spiro atoms. The molecule has 0 atom stereocenters. The summed E-state index contributed by atoms with van der Waals surface area (Å²) in [6.07, 6.45) is 0. The minimum Gasteiger partial charge on any atom is -0.319 e. The van der Waals surface area contributed by atoms with Crippen molar-refractivity contribution in [1.29, 1.82) is 0 Å². The van der Waals surface area contributed by atoms with E-state index in [-0.39, 0.29) is 16.5 Å². The van der Waals surface area contributed by atoms with Gasteiger partial charge in [0.25, 0.3) is 11.7 Å². The molecule has 0 fully saturated rings. The first-order chi connectivity index (χ1) is 9.03. The van der Waals surface area contributed by atoms with Crippen molar-refractivity contribution < 1.29 is 13.2 Å². The van der Waals surface area contributed by atoms with E-state index < -0.39 is 15.7 Å². The minimum atomic E-state index is -3.24. The lowest BCUT2D eigenvalue weighted by atomic mass is 10.3. The lowest BCUT2D eigenvalue weighted by Crippen LogP contribution is -2.14. The summed E-state index contributed by atoms with van der Waals surface area (Å²) in [6, 6.07) is 5.87. The van der Waals surface area contributed by atoms with Gasteiger partial charge >= 0.3 is 0 Å². The number of carbonyl (C=O) groups excluding carboxylic acids is 1. The van der Waals surface area contributed by atoms with Crippen molar-refractivity contribution in [2.75, 3.05) is 11.1 Å². The molecule has 0 bridgehead atoms. The van der Waals surface area contributed by atoms with Gasteiger partial charge in [0.1, 0.15) is 0 Å². The number of anilines is 1. The number of amides is 1. The summed E-state index contributed by atoms with van der Waals surface area (Å²) >= 11 is 0. The third-order valence-corrected chi connectivity index (χ3v) is 4.15. The fourth-order valence-electron chi connectivity index (χ4n) is 1.36. The highest BCUT2D eigenvalue weighted by Gasteiger charge is 2.13. The SMILES string of the molecule is CCS(=O)(=O)c1ccc(NC(=O)c2nn[nH]n2)cc1. The zero-order valence-electron chi connectivity index (χ0n) is 9.99. The summed E-state index contributed by atoms with van der Waals surface area (Å²) in [5, 5.41) is 15.0. The summed E-state index contributed by atoms with van der Waals surface area (Å²) in [5.74, 6) is -0.591. The summed E-state index contributed by atoms with van der Waals surface area (Å²) in [6.45, 7) is 1.57. The second kappa shape index (κ2) is 5.14. The lowest BCUT2D eigenvalue weighted by molar-refractivity contribution is 0.101. The van der Waals surface area contributed by atoms with Crippen LogP contribution in [0.1, 0.15) is 17.5 Å². The van der Waals surface area contributed by atoms with Crippen molar-refractivity contribution in [1.82, 2.24) is 20.6 Å². The number of H-pyrrole nitrogens is 1. The number of aromatic amines is 1. The van der Waals surface area contributed by atoms with Crippen molar-refractivity contribution in [3.63, 3.8) is 0 Å². The van der Waals surface area contributed by atoms with Crippen LogP contribution in [0.3, 0.4) is 0 Å². The zero-order valence-corrected chi connectivity index (χ0v) is 10.8. The topological polar surface area (TPSA) is 118 Å². The van der Waals surface area contributed by atoms with Crippen LogP contribution in [0.4, 0.5) is 5.69 Å². The second-order valence-electron chi connectivity index (χ2n) is 3.62. The molecule has 1 aromatic heterocycles. The van der Waals surface area contributed by atoms with Gasteiger partial charge in [-0.1, -0.05) is 6.92 Å². The first-order valence-electron chi connectivity index (χ1n) is 5.40. The highest BCUT2D eigenvalue weighted by Crippen LogP contribution is 2.15. The number of benzene rings is 1. The molecular weight excluding hydrogens is 270 g/mol. The number of nitrogens with one attached hydrogen (secondary N) is 2. The molecule has 1 heterocycles.